The molecule has 102 valence electrons. The van der Waals surface area contributed by atoms with E-state index in [9.17, 15) is 4.79 Å². The summed E-state index contributed by atoms with van der Waals surface area (Å²) in [5.41, 5.74) is 1.76. The number of carbonyl (C=O) groups excluding carboxylic acids is 1. The van der Waals surface area contributed by atoms with Crippen LogP contribution in [0.15, 0.2) is 24.3 Å². The second-order valence-corrected chi connectivity index (χ2v) is 5.21. The molecule has 0 aromatic heterocycles. The van der Waals surface area contributed by atoms with Crippen LogP contribution in [-0.2, 0) is 11.2 Å². The number of rotatable bonds is 2. The van der Waals surface area contributed by atoms with Crippen LogP contribution < -0.4 is 5.32 Å². The number of benzene rings is 1. The van der Waals surface area contributed by atoms with Crippen LogP contribution in [0.25, 0.3) is 0 Å². The standard InChI is InChI=1S/C16H21NO2/c1-5-13-8-10-14(11-9-13)7-6-12-17-15(18)19-16(2,3)4/h8-11H,5,12H2,1-4H3,(H,17,18). The van der Waals surface area contributed by atoms with Gasteiger partial charge in [0.15, 0.2) is 0 Å². The highest BCUT2D eigenvalue weighted by Gasteiger charge is 2.14. The van der Waals surface area contributed by atoms with Crippen molar-refractivity contribution in [1.82, 2.24) is 5.32 Å². The molecule has 1 N–H and O–H groups in total. The van der Waals surface area contributed by atoms with Gasteiger partial charge in [-0.15, -0.1) is 0 Å². The van der Waals surface area contributed by atoms with Gasteiger partial charge in [-0.2, -0.15) is 0 Å². The van der Waals surface area contributed by atoms with E-state index in [1.807, 2.05) is 32.9 Å². The lowest BCUT2D eigenvalue weighted by atomic mass is 10.1. The summed E-state index contributed by atoms with van der Waals surface area (Å²) in [6, 6.07) is 8.09. The molecule has 1 rings (SSSR count). The first-order valence-electron chi connectivity index (χ1n) is 6.45. The number of hydrogen-bond donors (Lipinski definition) is 1. The van der Waals surface area contributed by atoms with Crippen LogP contribution >= 0.6 is 0 Å². The van der Waals surface area contributed by atoms with Crippen molar-refractivity contribution in [3.8, 4) is 11.8 Å². The number of carbonyl (C=O) groups is 1. The molecule has 0 aliphatic carbocycles. The van der Waals surface area contributed by atoms with Gasteiger partial charge in [-0.3, -0.25) is 0 Å². The number of amides is 1. The Morgan fingerprint density at radius 2 is 1.89 bits per heavy atom. The highest BCUT2D eigenvalue weighted by molar-refractivity contribution is 5.68. The summed E-state index contributed by atoms with van der Waals surface area (Å²) in [7, 11) is 0. The molecule has 0 saturated carbocycles. The number of alkyl carbamates (subject to hydrolysis) is 1. The van der Waals surface area contributed by atoms with Crippen molar-refractivity contribution in [2.45, 2.75) is 39.7 Å². The van der Waals surface area contributed by atoms with Gasteiger partial charge in [0.25, 0.3) is 0 Å². The third-order valence-corrected chi connectivity index (χ3v) is 2.31. The molecule has 0 heterocycles. The first kappa shape index (κ1) is 15.1. The average molecular weight is 259 g/mol. The Kier molecular flexibility index (Phi) is 5.44. The Morgan fingerprint density at radius 3 is 2.42 bits per heavy atom. The molecule has 1 aromatic carbocycles. The summed E-state index contributed by atoms with van der Waals surface area (Å²) >= 11 is 0. The van der Waals surface area contributed by atoms with Crippen molar-refractivity contribution < 1.29 is 9.53 Å². The number of hydrogen-bond acceptors (Lipinski definition) is 2. The van der Waals surface area contributed by atoms with E-state index in [2.05, 4.69) is 36.2 Å². The van der Waals surface area contributed by atoms with Gasteiger partial charge >= 0.3 is 6.09 Å². The minimum Gasteiger partial charge on any atom is -0.444 e. The van der Waals surface area contributed by atoms with Gasteiger partial charge in [0.1, 0.15) is 5.60 Å². The lowest BCUT2D eigenvalue weighted by Crippen LogP contribution is -2.32. The SMILES string of the molecule is CCc1ccc(C#CCNC(=O)OC(C)(C)C)cc1. The second-order valence-electron chi connectivity index (χ2n) is 5.21. The topological polar surface area (TPSA) is 38.3 Å². The van der Waals surface area contributed by atoms with E-state index in [1.165, 1.54) is 5.56 Å². The molecule has 0 fully saturated rings. The minimum absolute atomic E-state index is 0.282. The number of nitrogens with one attached hydrogen (secondary N) is 1. The van der Waals surface area contributed by atoms with Crippen LogP contribution in [-0.4, -0.2) is 18.2 Å². The van der Waals surface area contributed by atoms with Gasteiger partial charge < -0.3 is 10.1 Å². The summed E-state index contributed by atoms with van der Waals surface area (Å²) in [6.07, 6.45) is 0.580. The van der Waals surface area contributed by atoms with Crippen LogP contribution in [0.2, 0.25) is 0 Å². The quantitative estimate of drug-likeness (QED) is 0.829. The molecular weight excluding hydrogens is 238 g/mol. The largest absolute Gasteiger partial charge is 0.444 e. The van der Waals surface area contributed by atoms with Crippen molar-refractivity contribution in [3.05, 3.63) is 35.4 Å². The van der Waals surface area contributed by atoms with Crippen LogP contribution in [0.5, 0.6) is 0 Å². The van der Waals surface area contributed by atoms with Crippen molar-refractivity contribution in [1.29, 1.82) is 0 Å². The number of aryl methyl sites for hydroxylation is 1. The molecule has 0 bridgehead atoms. The van der Waals surface area contributed by atoms with E-state index < -0.39 is 11.7 Å². The summed E-state index contributed by atoms with van der Waals surface area (Å²) in [5.74, 6) is 5.89. The van der Waals surface area contributed by atoms with E-state index in [1.54, 1.807) is 0 Å². The molecule has 1 amide bonds. The summed E-state index contributed by atoms with van der Waals surface area (Å²) in [6.45, 7) is 7.88. The molecular formula is C16H21NO2. The molecule has 3 heteroatoms. The maximum atomic E-state index is 11.4. The Bertz CT molecular complexity index is 472. The number of ether oxygens (including phenoxy) is 1. The third kappa shape index (κ3) is 6.52. The van der Waals surface area contributed by atoms with Crippen molar-refractivity contribution in [2.75, 3.05) is 6.54 Å². The maximum Gasteiger partial charge on any atom is 0.408 e. The Balaban J connectivity index is 2.40. The molecule has 0 saturated heterocycles. The van der Waals surface area contributed by atoms with Crippen LogP contribution in [0, 0.1) is 11.8 Å². The van der Waals surface area contributed by atoms with Gasteiger partial charge in [0.2, 0.25) is 0 Å². The van der Waals surface area contributed by atoms with Crippen molar-refractivity contribution in [3.63, 3.8) is 0 Å². The van der Waals surface area contributed by atoms with E-state index in [-0.39, 0.29) is 6.54 Å². The van der Waals surface area contributed by atoms with Crippen LogP contribution in [0.4, 0.5) is 4.79 Å². The Labute approximate surface area is 115 Å². The molecule has 0 spiro atoms. The smallest absolute Gasteiger partial charge is 0.408 e. The van der Waals surface area contributed by atoms with Gasteiger partial charge in [0, 0.05) is 5.56 Å². The zero-order valence-electron chi connectivity index (χ0n) is 12.0. The molecule has 0 atom stereocenters. The van der Waals surface area contributed by atoms with Gasteiger partial charge in [-0.25, -0.2) is 4.79 Å². The molecule has 19 heavy (non-hydrogen) atoms. The second kappa shape index (κ2) is 6.84. The van der Waals surface area contributed by atoms with E-state index in [4.69, 9.17) is 4.74 Å². The predicted molar refractivity (Wildman–Crippen MR) is 76.9 cm³/mol. The lowest BCUT2D eigenvalue weighted by Gasteiger charge is -2.18. The fourth-order valence-corrected chi connectivity index (χ4v) is 1.40. The fourth-order valence-electron chi connectivity index (χ4n) is 1.40. The van der Waals surface area contributed by atoms with E-state index in [0.717, 1.165) is 12.0 Å². The van der Waals surface area contributed by atoms with Gasteiger partial charge in [0.05, 0.1) is 6.54 Å². The van der Waals surface area contributed by atoms with Crippen LogP contribution in [0.1, 0.15) is 38.8 Å². The zero-order chi connectivity index (χ0) is 14.3. The minimum atomic E-state index is -0.479. The highest BCUT2D eigenvalue weighted by atomic mass is 16.6. The maximum absolute atomic E-state index is 11.4. The molecule has 0 aliphatic heterocycles. The molecule has 3 nitrogen and oxygen atoms in total. The average Bonchev–Trinajstić information content (AvgIpc) is 2.33. The molecule has 0 aliphatic rings. The first-order valence-corrected chi connectivity index (χ1v) is 6.45. The molecule has 1 aromatic rings. The predicted octanol–water partition coefficient (Wildman–Crippen LogP) is 3.13. The Morgan fingerprint density at radius 1 is 1.26 bits per heavy atom. The van der Waals surface area contributed by atoms with E-state index >= 15 is 0 Å². The Hall–Kier alpha value is -1.95. The zero-order valence-corrected chi connectivity index (χ0v) is 12.0. The normalized spacial score (nSPS) is 10.3. The summed E-state index contributed by atoms with van der Waals surface area (Å²) in [5, 5.41) is 2.60. The molecule has 0 radical (unpaired) electrons. The molecule has 0 unspecified atom stereocenters. The van der Waals surface area contributed by atoms with Crippen LogP contribution in [0.3, 0.4) is 0 Å². The van der Waals surface area contributed by atoms with E-state index in [0.29, 0.717) is 0 Å². The van der Waals surface area contributed by atoms with Crippen molar-refractivity contribution in [2.24, 2.45) is 0 Å². The van der Waals surface area contributed by atoms with Gasteiger partial charge in [-0.05, 0) is 44.9 Å². The van der Waals surface area contributed by atoms with Crippen molar-refractivity contribution >= 4 is 6.09 Å². The summed E-state index contributed by atoms with van der Waals surface area (Å²) < 4.78 is 5.10. The highest BCUT2D eigenvalue weighted by Crippen LogP contribution is 2.06. The third-order valence-electron chi connectivity index (χ3n) is 2.31. The van der Waals surface area contributed by atoms with Gasteiger partial charge in [-0.1, -0.05) is 30.9 Å². The lowest BCUT2D eigenvalue weighted by molar-refractivity contribution is 0.0535. The monoisotopic (exact) mass is 259 g/mol. The fraction of sp³-hybridized carbons (Fsp3) is 0.438. The first-order chi connectivity index (χ1) is 8.90. The summed E-state index contributed by atoms with van der Waals surface area (Å²) in [4.78, 5) is 11.4.